The maximum absolute atomic E-state index is 12.9. The van der Waals surface area contributed by atoms with Crippen LogP contribution in [0, 0.1) is 18.4 Å². The quantitative estimate of drug-likeness (QED) is 0.318. The van der Waals surface area contributed by atoms with Gasteiger partial charge in [0.15, 0.2) is 6.19 Å². The second kappa shape index (κ2) is 11.3. The summed E-state index contributed by atoms with van der Waals surface area (Å²) in [5.41, 5.74) is 2.36. The van der Waals surface area contributed by atoms with E-state index < -0.39 is 22.1 Å². The number of halogens is 2. The minimum atomic E-state index is -3.82. The van der Waals surface area contributed by atoms with E-state index in [0.29, 0.717) is 21.1 Å². The summed E-state index contributed by atoms with van der Waals surface area (Å²) in [4.78, 5) is 18.6. The Bertz CT molecular complexity index is 1420. The number of benzene rings is 2. The number of nitrogens with one attached hydrogen (secondary N) is 3. The van der Waals surface area contributed by atoms with Crippen molar-refractivity contribution in [3.05, 3.63) is 61.8 Å². The van der Waals surface area contributed by atoms with E-state index in [1.54, 1.807) is 29.5 Å². The number of amides is 2. The van der Waals surface area contributed by atoms with E-state index in [0.717, 1.165) is 16.3 Å². The SMILES string of the molecule is Cc1nc(-c2cccc(NC(=O)NC[C@H]3C[C@@H](NS(=O)(=O)c4cc(Br)ccc4Br)CN3C#N)c2)cs1. The lowest BCUT2D eigenvalue weighted by atomic mass is 10.1. The van der Waals surface area contributed by atoms with Crippen molar-refractivity contribution in [2.75, 3.05) is 18.4 Å². The van der Waals surface area contributed by atoms with Gasteiger partial charge in [0.25, 0.3) is 0 Å². The molecule has 4 rings (SSSR count). The molecule has 0 spiro atoms. The Kier molecular flexibility index (Phi) is 8.31. The number of anilines is 1. The highest BCUT2D eigenvalue weighted by molar-refractivity contribution is 9.11. The van der Waals surface area contributed by atoms with E-state index in [1.165, 1.54) is 11.0 Å². The molecule has 13 heteroatoms. The van der Waals surface area contributed by atoms with Gasteiger partial charge in [-0.2, -0.15) is 5.26 Å². The summed E-state index contributed by atoms with van der Waals surface area (Å²) >= 11 is 8.13. The van der Waals surface area contributed by atoms with Gasteiger partial charge in [0.2, 0.25) is 10.0 Å². The van der Waals surface area contributed by atoms with Crippen LogP contribution in [-0.2, 0) is 10.0 Å². The minimum absolute atomic E-state index is 0.108. The van der Waals surface area contributed by atoms with Crippen molar-refractivity contribution in [2.45, 2.75) is 30.3 Å². The van der Waals surface area contributed by atoms with Gasteiger partial charge in [-0.1, -0.05) is 28.1 Å². The van der Waals surface area contributed by atoms with Gasteiger partial charge in [0.05, 0.1) is 21.6 Å². The second-order valence-corrected chi connectivity index (χ2v) is 12.7. The van der Waals surface area contributed by atoms with Crippen LogP contribution < -0.4 is 15.4 Å². The van der Waals surface area contributed by atoms with Crippen molar-refractivity contribution in [1.82, 2.24) is 19.9 Å². The number of thiazole rings is 1. The number of likely N-dealkylation sites (tertiary alicyclic amines) is 1. The van der Waals surface area contributed by atoms with Crippen molar-refractivity contribution in [1.29, 1.82) is 5.26 Å². The van der Waals surface area contributed by atoms with Crippen LogP contribution in [0.5, 0.6) is 0 Å². The Balaban J connectivity index is 1.34. The van der Waals surface area contributed by atoms with Gasteiger partial charge < -0.3 is 15.5 Å². The average Bonchev–Trinajstić information content (AvgIpc) is 3.44. The third kappa shape index (κ3) is 6.43. The molecule has 9 nitrogen and oxygen atoms in total. The van der Waals surface area contributed by atoms with E-state index in [9.17, 15) is 18.5 Å². The smallest absolute Gasteiger partial charge is 0.319 e. The van der Waals surface area contributed by atoms with E-state index in [2.05, 4.69) is 58.4 Å². The summed E-state index contributed by atoms with van der Waals surface area (Å²) in [7, 11) is -3.82. The van der Waals surface area contributed by atoms with Crippen LogP contribution in [0.3, 0.4) is 0 Å². The predicted octanol–water partition coefficient (Wildman–Crippen LogP) is 4.67. The topological polar surface area (TPSA) is 127 Å². The fraction of sp³-hybridized carbons (Fsp3) is 0.261. The maximum atomic E-state index is 12.9. The number of hydrogen-bond donors (Lipinski definition) is 3. The van der Waals surface area contributed by atoms with Crippen LogP contribution in [-0.4, -0.2) is 49.5 Å². The Morgan fingerprint density at radius 2 is 2.08 bits per heavy atom. The van der Waals surface area contributed by atoms with Crippen molar-refractivity contribution in [2.24, 2.45) is 0 Å². The molecule has 1 fully saturated rings. The molecule has 2 heterocycles. The van der Waals surface area contributed by atoms with E-state index in [4.69, 9.17) is 0 Å². The van der Waals surface area contributed by atoms with E-state index in [-0.39, 0.29) is 24.0 Å². The number of urea groups is 1. The maximum Gasteiger partial charge on any atom is 0.319 e. The molecule has 2 aromatic carbocycles. The summed E-state index contributed by atoms with van der Waals surface area (Å²) in [5, 5.41) is 18.1. The molecule has 188 valence electrons. The Morgan fingerprint density at radius 1 is 1.28 bits per heavy atom. The van der Waals surface area contributed by atoms with Crippen LogP contribution in [0.2, 0.25) is 0 Å². The van der Waals surface area contributed by atoms with E-state index >= 15 is 0 Å². The number of aryl methyl sites for hydroxylation is 1. The Hall–Kier alpha value is -2.50. The number of aromatic nitrogens is 1. The zero-order valence-electron chi connectivity index (χ0n) is 19.0. The first-order valence-corrected chi connectivity index (χ1v) is 14.8. The van der Waals surface area contributed by atoms with Gasteiger partial charge in [-0.05, 0) is 59.6 Å². The minimum Gasteiger partial charge on any atom is -0.336 e. The van der Waals surface area contributed by atoms with Crippen molar-refractivity contribution in [3.8, 4) is 17.5 Å². The summed E-state index contributed by atoms with van der Waals surface area (Å²) in [5.74, 6) is 0. The van der Waals surface area contributed by atoms with Gasteiger partial charge in [-0.15, -0.1) is 11.3 Å². The van der Waals surface area contributed by atoms with Gasteiger partial charge in [0.1, 0.15) is 0 Å². The molecular formula is C23H22Br2N6O3S2. The average molecular weight is 654 g/mol. The highest BCUT2D eigenvalue weighted by Gasteiger charge is 2.35. The number of nitrogens with zero attached hydrogens (tertiary/aromatic N) is 3. The molecule has 1 saturated heterocycles. The third-order valence-corrected chi connectivity index (χ3v) is 9.36. The predicted molar refractivity (Wildman–Crippen MR) is 146 cm³/mol. The summed E-state index contributed by atoms with van der Waals surface area (Å²) < 4.78 is 29.6. The van der Waals surface area contributed by atoms with Crippen molar-refractivity contribution in [3.63, 3.8) is 0 Å². The normalized spacial score (nSPS) is 17.6. The van der Waals surface area contributed by atoms with Crippen LogP contribution in [0.15, 0.2) is 61.7 Å². The highest BCUT2D eigenvalue weighted by atomic mass is 79.9. The second-order valence-electron chi connectivity index (χ2n) is 8.20. The van der Waals surface area contributed by atoms with Crippen molar-refractivity contribution < 1.29 is 13.2 Å². The molecule has 1 aliphatic heterocycles. The van der Waals surface area contributed by atoms with Crippen LogP contribution in [0.25, 0.3) is 11.3 Å². The lowest BCUT2D eigenvalue weighted by Crippen LogP contribution is -2.39. The molecule has 0 bridgehead atoms. The zero-order chi connectivity index (χ0) is 25.9. The van der Waals surface area contributed by atoms with Gasteiger partial charge in [-0.25, -0.2) is 22.9 Å². The largest absolute Gasteiger partial charge is 0.336 e. The molecule has 36 heavy (non-hydrogen) atoms. The molecule has 0 unspecified atom stereocenters. The van der Waals surface area contributed by atoms with Crippen LogP contribution in [0.4, 0.5) is 10.5 Å². The Labute approximate surface area is 230 Å². The van der Waals surface area contributed by atoms with Gasteiger partial charge in [-0.3, -0.25) is 0 Å². The molecule has 2 amide bonds. The lowest BCUT2D eigenvalue weighted by molar-refractivity contribution is 0.248. The van der Waals surface area contributed by atoms with Crippen LogP contribution >= 0.6 is 43.2 Å². The fourth-order valence-electron chi connectivity index (χ4n) is 3.92. The number of sulfonamides is 1. The monoisotopic (exact) mass is 652 g/mol. The molecule has 0 saturated carbocycles. The van der Waals surface area contributed by atoms with Gasteiger partial charge in [0, 0.05) is 44.7 Å². The van der Waals surface area contributed by atoms with Crippen LogP contribution in [0.1, 0.15) is 11.4 Å². The molecule has 2 atom stereocenters. The first-order valence-electron chi connectivity index (χ1n) is 10.9. The highest BCUT2D eigenvalue weighted by Crippen LogP contribution is 2.27. The number of hydrogen-bond acceptors (Lipinski definition) is 7. The lowest BCUT2D eigenvalue weighted by Gasteiger charge is -2.18. The summed E-state index contributed by atoms with van der Waals surface area (Å²) in [6.45, 7) is 2.33. The molecular weight excluding hydrogens is 632 g/mol. The van der Waals surface area contributed by atoms with E-state index in [1.807, 2.05) is 30.5 Å². The molecule has 1 aromatic heterocycles. The molecule has 3 aromatic rings. The molecule has 0 aliphatic carbocycles. The summed E-state index contributed by atoms with van der Waals surface area (Å²) in [6, 6.07) is 11.0. The first-order chi connectivity index (χ1) is 17.1. The zero-order valence-corrected chi connectivity index (χ0v) is 23.8. The summed E-state index contributed by atoms with van der Waals surface area (Å²) in [6.07, 6.45) is 2.47. The number of nitriles is 1. The number of rotatable bonds is 7. The fourth-order valence-corrected chi connectivity index (χ4v) is 7.29. The number of carbonyl (C=O) groups is 1. The van der Waals surface area contributed by atoms with Gasteiger partial charge >= 0.3 is 6.03 Å². The Morgan fingerprint density at radius 3 is 2.81 bits per heavy atom. The molecule has 1 aliphatic rings. The standard InChI is InChI=1S/C23H22Br2N6O3S2/c1-14-28-21(12-35-14)15-3-2-4-17(7-15)29-23(32)27-10-19-9-18(11-31(19)13-26)30-36(33,34)22-8-16(24)5-6-20(22)25/h2-8,12,18-19,30H,9-11H2,1H3,(H2,27,29,32)/t18-,19-/m1/s1. The van der Waals surface area contributed by atoms with Crippen molar-refractivity contribution >= 4 is 64.9 Å². The molecule has 0 radical (unpaired) electrons. The molecule has 3 N–H and O–H groups in total. The number of carbonyl (C=O) groups excluding carboxylic acids is 1. The first kappa shape index (κ1) is 26.6. The third-order valence-electron chi connectivity index (χ3n) is 5.58.